The number of hydrogen-bond donors (Lipinski definition) is 0. The van der Waals surface area contributed by atoms with Gasteiger partial charge in [-0.15, -0.1) is 0 Å². The molecule has 0 spiro atoms. The molecule has 1 aliphatic rings. The third kappa shape index (κ3) is 3.50. The van der Waals surface area contributed by atoms with Crippen molar-refractivity contribution in [2.45, 2.75) is 19.8 Å². The molecule has 124 valence electrons. The van der Waals surface area contributed by atoms with E-state index in [1.54, 1.807) is 17.0 Å². The van der Waals surface area contributed by atoms with Crippen LogP contribution in [0.1, 0.15) is 39.4 Å². The molecule has 1 fully saturated rings. The standard InChI is InChI=1S/C19H19FN2O2/c1-13-4-2-6-17(21-13)19(24)22-11-3-5-15(12-22)18(23)14-7-9-16(20)10-8-14/h2,4,6-10,15H,3,5,11-12H2,1H3. The number of rotatable bonds is 3. The fourth-order valence-corrected chi connectivity index (χ4v) is 3.05. The van der Waals surface area contributed by atoms with Crippen molar-refractivity contribution in [2.24, 2.45) is 5.92 Å². The second-order valence-corrected chi connectivity index (χ2v) is 6.13. The number of benzene rings is 1. The highest BCUT2D eigenvalue weighted by Crippen LogP contribution is 2.22. The Kier molecular flexibility index (Phi) is 4.69. The van der Waals surface area contributed by atoms with Gasteiger partial charge in [0.25, 0.3) is 5.91 Å². The maximum Gasteiger partial charge on any atom is 0.272 e. The van der Waals surface area contributed by atoms with Crippen molar-refractivity contribution in [3.8, 4) is 0 Å². The molecule has 1 aliphatic heterocycles. The average molecular weight is 326 g/mol. The Morgan fingerprint density at radius 1 is 1.17 bits per heavy atom. The van der Waals surface area contributed by atoms with Gasteiger partial charge in [-0.3, -0.25) is 9.59 Å². The molecule has 1 atom stereocenters. The summed E-state index contributed by atoms with van der Waals surface area (Å²) in [6, 6.07) is 10.9. The summed E-state index contributed by atoms with van der Waals surface area (Å²) in [6.45, 7) is 2.85. The van der Waals surface area contributed by atoms with Gasteiger partial charge in [0.15, 0.2) is 5.78 Å². The molecule has 24 heavy (non-hydrogen) atoms. The van der Waals surface area contributed by atoms with Gasteiger partial charge in [0.05, 0.1) is 0 Å². The van der Waals surface area contributed by atoms with Gasteiger partial charge >= 0.3 is 0 Å². The van der Waals surface area contributed by atoms with Crippen molar-refractivity contribution >= 4 is 11.7 Å². The molecule has 4 nitrogen and oxygen atoms in total. The Morgan fingerprint density at radius 3 is 2.62 bits per heavy atom. The summed E-state index contributed by atoms with van der Waals surface area (Å²) in [6.07, 6.45) is 1.51. The Balaban J connectivity index is 1.73. The van der Waals surface area contributed by atoms with E-state index in [1.165, 1.54) is 24.3 Å². The van der Waals surface area contributed by atoms with Crippen molar-refractivity contribution in [3.05, 3.63) is 65.2 Å². The predicted molar refractivity (Wildman–Crippen MR) is 88.3 cm³/mol. The van der Waals surface area contributed by atoms with Gasteiger partial charge in [-0.2, -0.15) is 0 Å². The quantitative estimate of drug-likeness (QED) is 0.814. The van der Waals surface area contributed by atoms with Crippen LogP contribution in [-0.4, -0.2) is 34.7 Å². The molecule has 0 radical (unpaired) electrons. The van der Waals surface area contributed by atoms with Gasteiger partial charge in [-0.25, -0.2) is 9.37 Å². The molecule has 0 bridgehead atoms. The number of aryl methyl sites for hydroxylation is 1. The highest BCUT2D eigenvalue weighted by atomic mass is 19.1. The highest BCUT2D eigenvalue weighted by Gasteiger charge is 2.29. The highest BCUT2D eigenvalue weighted by molar-refractivity contribution is 5.99. The Bertz CT molecular complexity index is 758. The van der Waals surface area contributed by atoms with Crippen molar-refractivity contribution in [1.29, 1.82) is 0 Å². The average Bonchev–Trinajstić information content (AvgIpc) is 2.61. The van der Waals surface area contributed by atoms with E-state index in [-0.39, 0.29) is 23.4 Å². The molecule has 2 heterocycles. The SMILES string of the molecule is Cc1cccc(C(=O)N2CCCC(C(=O)c3ccc(F)cc3)C2)n1. The second-order valence-electron chi connectivity index (χ2n) is 6.13. The van der Waals surface area contributed by atoms with Crippen LogP contribution in [-0.2, 0) is 0 Å². The number of ketones is 1. The van der Waals surface area contributed by atoms with Crippen LogP contribution in [0.3, 0.4) is 0 Å². The smallest absolute Gasteiger partial charge is 0.272 e. The summed E-state index contributed by atoms with van der Waals surface area (Å²) < 4.78 is 13.0. The molecule has 0 saturated carbocycles. The third-order valence-electron chi connectivity index (χ3n) is 4.32. The summed E-state index contributed by atoms with van der Waals surface area (Å²) in [7, 11) is 0. The van der Waals surface area contributed by atoms with Crippen molar-refractivity contribution < 1.29 is 14.0 Å². The zero-order chi connectivity index (χ0) is 17.1. The van der Waals surface area contributed by atoms with E-state index >= 15 is 0 Å². The number of pyridine rings is 1. The molecule has 5 heteroatoms. The lowest BCUT2D eigenvalue weighted by Gasteiger charge is -2.32. The molecule has 1 amide bonds. The molecular formula is C19H19FN2O2. The van der Waals surface area contributed by atoms with Crippen molar-refractivity contribution in [3.63, 3.8) is 0 Å². The molecule has 1 unspecified atom stereocenters. The van der Waals surface area contributed by atoms with Crippen LogP contribution in [0.15, 0.2) is 42.5 Å². The van der Waals surface area contributed by atoms with Crippen LogP contribution in [0.4, 0.5) is 4.39 Å². The fraction of sp³-hybridized carbons (Fsp3) is 0.316. The van der Waals surface area contributed by atoms with E-state index in [0.717, 1.165) is 18.5 Å². The van der Waals surface area contributed by atoms with Crippen molar-refractivity contribution in [1.82, 2.24) is 9.88 Å². The minimum atomic E-state index is -0.363. The second kappa shape index (κ2) is 6.91. The molecule has 0 N–H and O–H groups in total. The van der Waals surface area contributed by atoms with Crippen LogP contribution in [0.25, 0.3) is 0 Å². The topological polar surface area (TPSA) is 50.3 Å². The molecule has 2 aromatic rings. The van der Waals surface area contributed by atoms with Crippen molar-refractivity contribution in [2.75, 3.05) is 13.1 Å². The van der Waals surface area contributed by atoms with Gasteiger partial charge in [0, 0.05) is 30.3 Å². The summed E-state index contributed by atoms with van der Waals surface area (Å²) in [5, 5.41) is 0. The number of aromatic nitrogens is 1. The summed E-state index contributed by atoms with van der Waals surface area (Å²) in [5.41, 5.74) is 1.69. The first-order valence-electron chi connectivity index (χ1n) is 8.07. The van der Waals surface area contributed by atoms with E-state index in [9.17, 15) is 14.0 Å². The Hall–Kier alpha value is -2.56. The van der Waals surface area contributed by atoms with E-state index in [4.69, 9.17) is 0 Å². The Labute approximate surface area is 140 Å². The molecule has 0 aliphatic carbocycles. The van der Waals surface area contributed by atoms with Gasteiger partial charge in [0.2, 0.25) is 0 Å². The largest absolute Gasteiger partial charge is 0.337 e. The van der Waals surface area contributed by atoms with Gasteiger partial charge in [-0.1, -0.05) is 6.07 Å². The zero-order valence-corrected chi connectivity index (χ0v) is 13.5. The van der Waals surface area contributed by atoms with E-state index in [0.29, 0.717) is 24.3 Å². The Morgan fingerprint density at radius 2 is 1.92 bits per heavy atom. The minimum absolute atomic E-state index is 0.0373. The number of Topliss-reactive ketones (excluding diaryl/α,β-unsaturated/α-hetero) is 1. The third-order valence-corrected chi connectivity index (χ3v) is 4.32. The van der Waals surface area contributed by atoms with Crippen LogP contribution in [0.2, 0.25) is 0 Å². The lowest BCUT2D eigenvalue weighted by atomic mass is 9.90. The first-order valence-corrected chi connectivity index (χ1v) is 8.07. The van der Waals surface area contributed by atoms with Gasteiger partial charge in [-0.05, 0) is 56.2 Å². The molecule has 3 rings (SSSR count). The van der Waals surface area contributed by atoms with E-state index < -0.39 is 0 Å². The van der Waals surface area contributed by atoms with Crippen LogP contribution in [0.5, 0.6) is 0 Å². The maximum absolute atomic E-state index is 13.0. The zero-order valence-electron chi connectivity index (χ0n) is 13.5. The fourth-order valence-electron chi connectivity index (χ4n) is 3.05. The number of carbonyl (C=O) groups excluding carboxylic acids is 2. The van der Waals surface area contributed by atoms with Crippen LogP contribution >= 0.6 is 0 Å². The number of piperidine rings is 1. The van der Waals surface area contributed by atoms with Gasteiger partial charge in [0.1, 0.15) is 11.5 Å². The van der Waals surface area contributed by atoms with Gasteiger partial charge < -0.3 is 4.90 Å². The predicted octanol–water partition coefficient (Wildman–Crippen LogP) is 3.26. The minimum Gasteiger partial charge on any atom is -0.337 e. The van der Waals surface area contributed by atoms with Crippen LogP contribution in [0, 0.1) is 18.7 Å². The number of likely N-dealkylation sites (tertiary alicyclic amines) is 1. The lowest BCUT2D eigenvalue weighted by molar-refractivity contribution is 0.0632. The number of nitrogens with zero attached hydrogens (tertiary/aromatic N) is 2. The number of carbonyl (C=O) groups is 2. The lowest BCUT2D eigenvalue weighted by Crippen LogP contribution is -2.42. The summed E-state index contributed by atoms with van der Waals surface area (Å²) in [4.78, 5) is 31.2. The molecule has 1 aromatic heterocycles. The normalized spacial score (nSPS) is 17.6. The maximum atomic E-state index is 13.0. The molecule has 1 saturated heterocycles. The van der Waals surface area contributed by atoms with E-state index in [1.807, 2.05) is 13.0 Å². The number of hydrogen-bond acceptors (Lipinski definition) is 3. The first-order chi connectivity index (χ1) is 11.5. The molecular weight excluding hydrogens is 307 g/mol. The summed E-state index contributed by atoms with van der Waals surface area (Å²) >= 11 is 0. The summed E-state index contributed by atoms with van der Waals surface area (Å²) in [5.74, 6) is -0.796. The number of amides is 1. The molecule has 1 aromatic carbocycles. The van der Waals surface area contributed by atoms with Crippen LogP contribution < -0.4 is 0 Å². The first kappa shape index (κ1) is 16.3. The van der Waals surface area contributed by atoms with E-state index in [2.05, 4.69) is 4.98 Å². The number of halogens is 1. The monoisotopic (exact) mass is 326 g/mol.